The van der Waals surface area contributed by atoms with Crippen molar-refractivity contribution in [2.45, 2.75) is 19.3 Å². The molecule has 0 unspecified atom stereocenters. The highest BCUT2D eigenvalue weighted by molar-refractivity contribution is 6.25. The minimum absolute atomic E-state index is 0.407. The van der Waals surface area contributed by atoms with E-state index in [9.17, 15) is 0 Å². The van der Waals surface area contributed by atoms with E-state index in [1.807, 2.05) is 12.1 Å². The van der Waals surface area contributed by atoms with Crippen LogP contribution in [0.25, 0.3) is 110 Å². The molecule has 0 N–H and O–H groups in total. The van der Waals surface area contributed by atoms with E-state index in [1.54, 1.807) is 0 Å². The Bertz CT molecular complexity index is 4980. The Labute approximate surface area is 469 Å². The van der Waals surface area contributed by atoms with Crippen LogP contribution in [0.1, 0.15) is 25.0 Å². The second-order valence-corrected chi connectivity index (χ2v) is 21.9. The molecular weight excluding hydrogens is 985 g/mol. The second kappa shape index (κ2) is 18.3. The van der Waals surface area contributed by atoms with Crippen LogP contribution in [0.15, 0.2) is 288 Å². The summed E-state index contributed by atoms with van der Waals surface area (Å²) < 4.78 is 12.8. The van der Waals surface area contributed by atoms with E-state index >= 15 is 0 Å². The number of nitrogens with zero attached hydrogens (tertiary/aromatic N) is 2. The molecule has 15 aromatic rings. The maximum Gasteiger partial charge on any atom is 0.135 e. The van der Waals surface area contributed by atoms with E-state index in [0.29, 0.717) is 0 Å². The zero-order chi connectivity index (χ0) is 53.8. The lowest BCUT2D eigenvalue weighted by atomic mass is 9.66. The molecule has 382 valence electrons. The van der Waals surface area contributed by atoms with Crippen molar-refractivity contribution in [3.05, 3.63) is 290 Å². The number of hydrogen-bond acceptors (Lipinski definition) is 4. The molecule has 0 fully saturated rings. The number of para-hydroxylation sites is 4. The summed E-state index contributed by atoms with van der Waals surface area (Å²) in [6.07, 6.45) is 0. The van der Waals surface area contributed by atoms with Gasteiger partial charge in [-0.25, -0.2) is 0 Å². The van der Waals surface area contributed by atoms with Gasteiger partial charge in [-0.2, -0.15) is 0 Å². The Morgan fingerprint density at radius 2 is 0.704 bits per heavy atom. The molecule has 1 aliphatic carbocycles. The molecule has 0 radical (unpaired) electrons. The number of fused-ring (bicyclic) bond motifs is 10. The van der Waals surface area contributed by atoms with Crippen LogP contribution in [0.3, 0.4) is 0 Å². The van der Waals surface area contributed by atoms with Crippen LogP contribution in [0, 0.1) is 0 Å². The van der Waals surface area contributed by atoms with Crippen molar-refractivity contribution in [2.24, 2.45) is 0 Å². The molecule has 0 spiro atoms. The van der Waals surface area contributed by atoms with Crippen LogP contribution < -0.4 is 9.80 Å². The standard InChI is InChI=1S/C77H52N2O2/c1-77(2)66-32-20-31-60-63-45-52(78(68-33-16-12-27-56(68)49-21-6-3-7-22-49)53-39-43-72-64(46-53)58-29-14-18-35-70(58)80-72)37-41-61(63)74(51-25-10-5-11-26-51)76(75(60)66)62-42-38-55(48-67(62)77)79(69-34-17-13-28-57(69)50-23-8-4-9-24-50)54-40-44-73-65(47-54)59-30-15-19-36-71(59)81-73/h3-48H,1-2H3. The fourth-order valence-corrected chi connectivity index (χ4v) is 13.3. The van der Waals surface area contributed by atoms with E-state index in [4.69, 9.17) is 8.83 Å². The summed E-state index contributed by atoms with van der Waals surface area (Å²) in [5.74, 6) is 0. The molecule has 0 saturated heterocycles. The summed E-state index contributed by atoms with van der Waals surface area (Å²) in [7, 11) is 0. The van der Waals surface area contributed by atoms with Crippen molar-refractivity contribution in [3.8, 4) is 44.5 Å². The van der Waals surface area contributed by atoms with Crippen molar-refractivity contribution in [1.29, 1.82) is 0 Å². The zero-order valence-corrected chi connectivity index (χ0v) is 44.8. The van der Waals surface area contributed by atoms with Crippen LogP contribution in [0.2, 0.25) is 0 Å². The maximum atomic E-state index is 6.41. The van der Waals surface area contributed by atoms with Crippen molar-refractivity contribution in [1.82, 2.24) is 0 Å². The van der Waals surface area contributed by atoms with Crippen LogP contribution in [0.4, 0.5) is 34.1 Å². The molecule has 0 saturated carbocycles. The molecule has 81 heavy (non-hydrogen) atoms. The van der Waals surface area contributed by atoms with Gasteiger partial charge in [0.1, 0.15) is 22.3 Å². The van der Waals surface area contributed by atoms with Gasteiger partial charge < -0.3 is 18.6 Å². The molecule has 2 heterocycles. The van der Waals surface area contributed by atoms with Crippen LogP contribution in [0.5, 0.6) is 0 Å². The first-order valence-electron chi connectivity index (χ1n) is 27.9. The van der Waals surface area contributed by atoms with Gasteiger partial charge in [-0.05, 0) is 151 Å². The van der Waals surface area contributed by atoms with Crippen molar-refractivity contribution >= 4 is 99.5 Å². The topological polar surface area (TPSA) is 32.8 Å². The van der Waals surface area contributed by atoms with Gasteiger partial charge in [-0.15, -0.1) is 0 Å². The summed E-state index contributed by atoms with van der Waals surface area (Å²) in [4.78, 5) is 4.89. The summed E-state index contributed by atoms with van der Waals surface area (Å²) in [5, 5.41) is 9.29. The molecule has 4 nitrogen and oxygen atoms in total. The summed E-state index contributed by atoms with van der Waals surface area (Å²) in [6.45, 7) is 4.83. The normalized spacial score (nSPS) is 12.7. The highest BCUT2D eigenvalue weighted by Crippen LogP contribution is 2.57. The Kier molecular flexibility index (Phi) is 10.6. The Morgan fingerprint density at radius 1 is 0.272 bits per heavy atom. The average molecular weight is 1040 g/mol. The molecule has 2 aromatic heterocycles. The Hall–Kier alpha value is -10.4. The molecule has 0 amide bonds. The van der Waals surface area contributed by atoms with E-state index < -0.39 is 5.41 Å². The highest BCUT2D eigenvalue weighted by atomic mass is 16.3. The third kappa shape index (κ3) is 7.37. The molecular formula is C77H52N2O2. The van der Waals surface area contributed by atoms with Crippen LogP contribution in [-0.4, -0.2) is 0 Å². The van der Waals surface area contributed by atoms with Gasteiger partial charge >= 0.3 is 0 Å². The molecule has 0 aliphatic heterocycles. The highest BCUT2D eigenvalue weighted by Gasteiger charge is 2.37. The van der Waals surface area contributed by atoms with Gasteiger partial charge in [0.25, 0.3) is 0 Å². The lowest BCUT2D eigenvalue weighted by molar-refractivity contribution is 0.645. The third-order valence-corrected chi connectivity index (χ3v) is 17.0. The first-order chi connectivity index (χ1) is 39.9. The van der Waals surface area contributed by atoms with Crippen molar-refractivity contribution in [3.63, 3.8) is 0 Å². The number of anilines is 6. The largest absolute Gasteiger partial charge is 0.456 e. The first kappa shape index (κ1) is 46.7. The molecule has 0 bridgehead atoms. The zero-order valence-electron chi connectivity index (χ0n) is 44.8. The van der Waals surface area contributed by atoms with Crippen LogP contribution >= 0.6 is 0 Å². The van der Waals surface area contributed by atoms with Crippen molar-refractivity contribution in [2.75, 3.05) is 9.80 Å². The molecule has 4 heteroatoms. The van der Waals surface area contributed by atoms with Gasteiger partial charge in [0.15, 0.2) is 0 Å². The molecule has 0 atom stereocenters. The third-order valence-electron chi connectivity index (χ3n) is 17.0. The lowest BCUT2D eigenvalue weighted by Gasteiger charge is -2.38. The lowest BCUT2D eigenvalue weighted by Crippen LogP contribution is -2.25. The predicted molar refractivity (Wildman–Crippen MR) is 339 cm³/mol. The molecule has 16 rings (SSSR count). The van der Waals surface area contributed by atoms with Crippen molar-refractivity contribution < 1.29 is 8.83 Å². The van der Waals surface area contributed by atoms with Gasteiger partial charge in [0, 0.05) is 60.8 Å². The van der Waals surface area contributed by atoms with Gasteiger partial charge in [-0.1, -0.05) is 208 Å². The minimum atomic E-state index is -0.407. The average Bonchev–Trinajstić information content (AvgIpc) is 4.26. The first-order valence-corrected chi connectivity index (χ1v) is 27.9. The van der Waals surface area contributed by atoms with Gasteiger partial charge in [0.2, 0.25) is 0 Å². The predicted octanol–water partition coefficient (Wildman–Crippen LogP) is 22.0. The number of hydrogen-bond donors (Lipinski definition) is 0. The Morgan fingerprint density at radius 3 is 1.27 bits per heavy atom. The number of furan rings is 2. The number of benzene rings is 13. The maximum absolute atomic E-state index is 6.41. The number of rotatable bonds is 9. The van der Waals surface area contributed by atoms with E-state index in [2.05, 4.69) is 291 Å². The van der Waals surface area contributed by atoms with Gasteiger partial charge in [0.05, 0.1) is 11.4 Å². The smallest absolute Gasteiger partial charge is 0.135 e. The fourth-order valence-electron chi connectivity index (χ4n) is 13.3. The quantitative estimate of drug-likeness (QED) is 0.135. The fraction of sp³-hybridized carbons (Fsp3) is 0.0390. The summed E-state index contributed by atoms with van der Waals surface area (Å²) in [6, 6.07) is 101. The molecule has 13 aromatic carbocycles. The molecule has 1 aliphatic rings. The SMILES string of the molecule is CC1(C)c2cc(N(c3ccc4oc5ccccc5c4c3)c3ccccc3-c3ccccc3)ccc2-c2c(-c3ccccc3)c3ccc(N(c4ccc5oc6ccccc6c5c4)c4ccccc4-c4ccccc4)cc3c3cccc1c23. The summed E-state index contributed by atoms with van der Waals surface area (Å²) in [5.41, 5.74) is 21.6. The van der Waals surface area contributed by atoms with E-state index in [1.165, 1.54) is 54.9 Å². The summed E-state index contributed by atoms with van der Waals surface area (Å²) >= 11 is 0. The Balaban J connectivity index is 0.938. The van der Waals surface area contributed by atoms with E-state index in [0.717, 1.165) is 100 Å². The monoisotopic (exact) mass is 1040 g/mol. The second-order valence-electron chi connectivity index (χ2n) is 21.9. The van der Waals surface area contributed by atoms with Crippen LogP contribution in [-0.2, 0) is 5.41 Å². The minimum Gasteiger partial charge on any atom is -0.456 e. The van der Waals surface area contributed by atoms with Gasteiger partial charge in [-0.3, -0.25) is 0 Å². The van der Waals surface area contributed by atoms with E-state index in [-0.39, 0.29) is 0 Å².